The summed E-state index contributed by atoms with van der Waals surface area (Å²) < 4.78 is 19.8. The summed E-state index contributed by atoms with van der Waals surface area (Å²) in [5, 5.41) is 0. The smallest absolute Gasteiger partial charge is 0.329 e. The number of hydrogen-bond donors (Lipinski definition) is 2. The number of hydrogen-bond acceptors (Lipinski definition) is 5. The zero-order chi connectivity index (χ0) is 9.23. The van der Waals surface area contributed by atoms with E-state index < -0.39 is 8.25 Å². The van der Waals surface area contributed by atoms with Gasteiger partial charge in [-0.25, -0.2) is 0 Å². The van der Waals surface area contributed by atoms with E-state index in [2.05, 4.69) is 9.05 Å². The molecule has 1 fully saturated rings. The molecule has 0 atom stereocenters. The molecule has 1 aliphatic rings. The maximum absolute atomic E-state index is 10.4. The van der Waals surface area contributed by atoms with Gasteiger partial charge in [0, 0.05) is 69.0 Å². The van der Waals surface area contributed by atoms with Gasteiger partial charge >= 0.3 is 8.25 Å². The fourth-order valence-electron chi connectivity index (χ4n) is 0.520. The van der Waals surface area contributed by atoms with E-state index in [1.54, 1.807) is 0 Å². The molecule has 4 N–H and O–H groups in total. The van der Waals surface area contributed by atoms with Crippen LogP contribution in [-0.4, -0.2) is 77.7 Å². The van der Waals surface area contributed by atoms with Crippen molar-refractivity contribution < 1.29 is 13.6 Å². The summed E-state index contributed by atoms with van der Waals surface area (Å²) in [7, 11) is -1.77. The Balaban J connectivity index is 0. The predicted octanol–water partition coefficient (Wildman–Crippen LogP) is -0.00620. The Labute approximate surface area is 122 Å². The fourth-order valence-corrected chi connectivity index (χ4v) is 1.15. The van der Waals surface area contributed by atoms with Crippen LogP contribution >= 0.6 is 8.25 Å². The molecule has 1 rings (SSSR count). The largest absolute Gasteiger partial charge is 0.697 e. The van der Waals surface area contributed by atoms with Crippen LogP contribution in [0.5, 0.6) is 0 Å². The summed E-state index contributed by atoms with van der Waals surface area (Å²) in [5.74, 6) is 0. The molecule has 73 valence electrons. The van der Waals surface area contributed by atoms with Crippen LogP contribution < -0.4 is 11.5 Å². The van der Waals surface area contributed by atoms with Gasteiger partial charge in [0.15, 0.2) is 0 Å². The fraction of sp³-hybridized carbons (Fsp3) is 1.00. The van der Waals surface area contributed by atoms with Gasteiger partial charge in [-0.2, -0.15) is 0 Å². The summed E-state index contributed by atoms with van der Waals surface area (Å²) in [6.07, 6.45) is 1.92. The van der Waals surface area contributed by atoms with E-state index in [0.717, 1.165) is 12.8 Å². The van der Waals surface area contributed by atoms with Crippen molar-refractivity contribution >= 4 is 59.6 Å². The van der Waals surface area contributed by atoms with E-state index in [-0.39, 0.29) is 51.4 Å². The Hall–Kier alpha value is 1.58. The summed E-state index contributed by atoms with van der Waals surface area (Å²) in [6, 6.07) is 0. The van der Waals surface area contributed by atoms with Crippen LogP contribution in [0.1, 0.15) is 12.8 Å². The molecular weight excluding hydrogens is 218 g/mol. The molecule has 0 bridgehead atoms. The van der Waals surface area contributed by atoms with Crippen molar-refractivity contribution in [3.8, 4) is 0 Å². The van der Waals surface area contributed by atoms with E-state index in [0.29, 0.717) is 26.3 Å². The van der Waals surface area contributed by atoms with Crippen molar-refractivity contribution in [2.75, 3.05) is 26.3 Å². The predicted molar refractivity (Wildman–Crippen MR) is 52.6 cm³/mol. The molecule has 0 aliphatic carbocycles. The van der Waals surface area contributed by atoms with Gasteiger partial charge in [-0.15, -0.1) is 9.05 Å². The summed E-state index contributed by atoms with van der Waals surface area (Å²) in [6.45, 7) is 2.35. The van der Waals surface area contributed by atoms with Gasteiger partial charge in [0.1, 0.15) is 13.2 Å². The van der Waals surface area contributed by atoms with Gasteiger partial charge in [-0.3, -0.25) is 0 Å². The minimum atomic E-state index is -1.77. The Bertz CT molecular complexity index is 116. The Morgan fingerprint density at radius 2 is 1.46 bits per heavy atom. The van der Waals surface area contributed by atoms with E-state index in [9.17, 15) is 4.57 Å². The van der Waals surface area contributed by atoms with Crippen molar-refractivity contribution in [1.82, 2.24) is 0 Å². The first-order chi connectivity index (χ1) is 5.81. The first-order valence-corrected chi connectivity index (χ1v) is 5.04. The molecule has 0 aromatic carbocycles. The van der Waals surface area contributed by atoms with Crippen molar-refractivity contribution in [2.45, 2.75) is 12.8 Å². The molecule has 0 saturated carbocycles. The van der Waals surface area contributed by atoms with Gasteiger partial charge in [0.05, 0.1) is 0 Å². The van der Waals surface area contributed by atoms with Crippen LogP contribution in [0.2, 0.25) is 0 Å². The molecule has 0 aromatic heterocycles. The SMILES string of the molecule is NCCN.O=[P+]1OCCCCO1.[K]. The second kappa shape index (κ2) is 13.6. The molecular formula is C6H16KN2O3P+. The molecule has 1 saturated heterocycles. The molecule has 0 amide bonds. The topological polar surface area (TPSA) is 87.6 Å². The van der Waals surface area contributed by atoms with Crippen molar-refractivity contribution in [3.63, 3.8) is 0 Å². The van der Waals surface area contributed by atoms with E-state index in [1.807, 2.05) is 0 Å². The average Bonchev–Trinajstić information content (AvgIpc) is 2.33. The van der Waals surface area contributed by atoms with Crippen LogP contribution in [0.3, 0.4) is 0 Å². The van der Waals surface area contributed by atoms with Crippen molar-refractivity contribution in [2.24, 2.45) is 11.5 Å². The number of nitrogens with two attached hydrogens (primary N) is 2. The second-order valence-electron chi connectivity index (χ2n) is 2.17. The van der Waals surface area contributed by atoms with Crippen LogP contribution in [0, 0.1) is 0 Å². The maximum Gasteiger partial charge on any atom is 0.697 e. The standard InChI is InChI=1S/C4H8O3P.C2H8N2.K/c5-8-6-3-1-2-4-7-8;3-1-2-4;/h1-4H2;1-4H2;/q+1;;. The molecule has 13 heavy (non-hydrogen) atoms. The Morgan fingerprint density at radius 3 is 1.77 bits per heavy atom. The molecule has 0 unspecified atom stereocenters. The number of rotatable bonds is 1. The molecule has 1 aliphatic heterocycles. The zero-order valence-electron chi connectivity index (χ0n) is 8.07. The summed E-state index contributed by atoms with van der Waals surface area (Å²) in [5.41, 5.74) is 9.81. The summed E-state index contributed by atoms with van der Waals surface area (Å²) in [4.78, 5) is 0. The third-order valence-corrected chi connectivity index (χ3v) is 1.89. The minimum Gasteiger partial charge on any atom is -0.329 e. The van der Waals surface area contributed by atoms with Crippen LogP contribution in [0.4, 0.5) is 0 Å². The van der Waals surface area contributed by atoms with Crippen molar-refractivity contribution in [1.29, 1.82) is 0 Å². The first kappa shape index (κ1) is 17.0. The van der Waals surface area contributed by atoms with E-state index >= 15 is 0 Å². The molecule has 7 heteroatoms. The third kappa shape index (κ3) is 13.6. The van der Waals surface area contributed by atoms with Gasteiger partial charge in [0.25, 0.3) is 0 Å². The van der Waals surface area contributed by atoms with Gasteiger partial charge in [-0.1, -0.05) is 0 Å². The normalized spacial score (nSPS) is 16.3. The quantitative estimate of drug-likeness (QED) is 0.492. The Morgan fingerprint density at radius 1 is 1.08 bits per heavy atom. The van der Waals surface area contributed by atoms with Crippen molar-refractivity contribution in [3.05, 3.63) is 0 Å². The maximum atomic E-state index is 10.4. The summed E-state index contributed by atoms with van der Waals surface area (Å²) >= 11 is 0. The molecule has 1 radical (unpaired) electrons. The average molecular weight is 234 g/mol. The monoisotopic (exact) mass is 234 g/mol. The van der Waals surface area contributed by atoms with Gasteiger partial charge in [0.2, 0.25) is 0 Å². The second-order valence-corrected chi connectivity index (χ2v) is 3.14. The Kier molecular flexibility index (Phi) is 17.7. The van der Waals surface area contributed by atoms with Gasteiger partial charge < -0.3 is 11.5 Å². The third-order valence-electron chi connectivity index (χ3n) is 1.10. The zero-order valence-corrected chi connectivity index (χ0v) is 12.1. The van der Waals surface area contributed by atoms with E-state index in [4.69, 9.17) is 11.5 Å². The van der Waals surface area contributed by atoms with Crippen LogP contribution in [-0.2, 0) is 13.6 Å². The molecule has 1 heterocycles. The minimum absolute atomic E-state index is 0. The molecule has 0 aromatic rings. The van der Waals surface area contributed by atoms with E-state index in [1.165, 1.54) is 0 Å². The van der Waals surface area contributed by atoms with Gasteiger partial charge in [-0.05, 0) is 12.8 Å². The first-order valence-electron chi connectivity index (χ1n) is 3.94. The molecule has 5 nitrogen and oxygen atoms in total. The molecule has 0 spiro atoms. The van der Waals surface area contributed by atoms with Crippen LogP contribution in [0.15, 0.2) is 0 Å². The van der Waals surface area contributed by atoms with Crippen LogP contribution in [0.25, 0.3) is 0 Å².